The van der Waals surface area contributed by atoms with Gasteiger partial charge in [0.25, 0.3) is 0 Å². The second kappa shape index (κ2) is 3.22. The summed E-state index contributed by atoms with van der Waals surface area (Å²) in [7, 11) is 0. The molecule has 0 fully saturated rings. The molecule has 3 nitrogen and oxygen atoms in total. The van der Waals surface area contributed by atoms with Gasteiger partial charge in [0.05, 0.1) is 0 Å². The van der Waals surface area contributed by atoms with Crippen LogP contribution in [0.15, 0.2) is 0 Å². The maximum absolute atomic E-state index is 9.71. The van der Waals surface area contributed by atoms with Crippen molar-refractivity contribution in [1.82, 2.24) is 5.32 Å². The van der Waals surface area contributed by atoms with Crippen molar-refractivity contribution >= 4 is 18.7 Å². The molecule has 0 aromatic carbocycles. The van der Waals surface area contributed by atoms with Crippen molar-refractivity contribution in [2.45, 2.75) is 5.37 Å². The van der Waals surface area contributed by atoms with E-state index in [9.17, 15) is 4.79 Å². The lowest BCUT2D eigenvalue weighted by Gasteiger charge is -1.98. The van der Waals surface area contributed by atoms with E-state index in [4.69, 9.17) is 11.5 Å². The van der Waals surface area contributed by atoms with Gasteiger partial charge in [-0.25, -0.2) is 4.79 Å². The molecule has 0 aromatic rings. The molecule has 0 aliphatic carbocycles. The molecule has 0 heterocycles. The van der Waals surface area contributed by atoms with Gasteiger partial charge in [0, 0.05) is 0 Å². The smallest absolute Gasteiger partial charge is 0.406 e. The highest BCUT2D eigenvalue weighted by Gasteiger charge is 1.98. The minimum Gasteiger partial charge on any atom is -0.465 e. The van der Waals surface area contributed by atoms with Crippen molar-refractivity contribution in [2.24, 2.45) is 0 Å². The average Bonchev–Trinajstić information content (AvgIpc) is 1.65. The summed E-state index contributed by atoms with van der Waals surface area (Å²) in [6, 6.07) is 0. The standard InChI is InChI=1S/C4H5NO2S/c1-2-3(8)5-4(6)7/h1,3,5,8H,(H,6,7). The predicted octanol–water partition coefficient (Wildman–Crippen LogP) is 0.143. The fourth-order valence-corrected chi connectivity index (χ4v) is 0.269. The number of thiol groups is 1. The normalized spacial score (nSPS) is 11.5. The largest absolute Gasteiger partial charge is 0.465 e. The molecule has 4 heteroatoms. The number of carbonyl (C=O) groups is 1. The van der Waals surface area contributed by atoms with Gasteiger partial charge in [-0.1, -0.05) is 5.92 Å². The monoisotopic (exact) mass is 131 g/mol. The van der Waals surface area contributed by atoms with Gasteiger partial charge in [0.1, 0.15) is 5.37 Å². The molecule has 1 unspecified atom stereocenters. The van der Waals surface area contributed by atoms with Crippen molar-refractivity contribution in [3.8, 4) is 12.3 Å². The molecule has 0 rings (SSSR count). The van der Waals surface area contributed by atoms with Crippen molar-refractivity contribution < 1.29 is 9.90 Å². The Labute approximate surface area is 52.5 Å². The molecule has 1 atom stereocenters. The molecule has 0 saturated heterocycles. The van der Waals surface area contributed by atoms with Crippen LogP contribution >= 0.6 is 12.6 Å². The van der Waals surface area contributed by atoms with Gasteiger partial charge in [-0.05, 0) is 0 Å². The molecule has 44 valence electrons. The summed E-state index contributed by atoms with van der Waals surface area (Å²) >= 11 is 3.64. The van der Waals surface area contributed by atoms with Gasteiger partial charge >= 0.3 is 6.09 Å². The minimum atomic E-state index is -1.16. The van der Waals surface area contributed by atoms with Crippen molar-refractivity contribution in [1.29, 1.82) is 0 Å². The minimum absolute atomic E-state index is 0.701. The quantitative estimate of drug-likeness (QED) is 0.269. The van der Waals surface area contributed by atoms with Crippen molar-refractivity contribution in [3.63, 3.8) is 0 Å². The van der Waals surface area contributed by atoms with Crippen LogP contribution in [-0.4, -0.2) is 16.6 Å². The van der Waals surface area contributed by atoms with Gasteiger partial charge in [-0.3, -0.25) is 5.32 Å². The fraction of sp³-hybridized carbons (Fsp3) is 0.250. The SMILES string of the molecule is C#CC(S)NC(=O)O. The number of nitrogens with one attached hydrogen (secondary N) is 1. The number of carboxylic acid groups (broad SMARTS) is 1. The van der Waals surface area contributed by atoms with Crippen molar-refractivity contribution in [3.05, 3.63) is 0 Å². The van der Waals surface area contributed by atoms with Crippen LogP contribution in [0.25, 0.3) is 0 Å². The highest BCUT2D eigenvalue weighted by Crippen LogP contribution is 1.83. The first kappa shape index (κ1) is 7.18. The average molecular weight is 131 g/mol. The molecule has 0 saturated carbocycles. The molecular formula is C4H5NO2S. The van der Waals surface area contributed by atoms with Gasteiger partial charge in [0.2, 0.25) is 0 Å². The summed E-state index contributed by atoms with van der Waals surface area (Å²) < 4.78 is 0. The number of rotatable bonds is 1. The maximum Gasteiger partial charge on any atom is 0.406 e. The number of terminal acetylenes is 1. The summed E-state index contributed by atoms with van der Waals surface area (Å²) in [5, 5.41) is 9.20. The van der Waals surface area contributed by atoms with Gasteiger partial charge in [-0.2, -0.15) is 0 Å². The topological polar surface area (TPSA) is 49.3 Å². The number of amides is 1. The van der Waals surface area contributed by atoms with Crippen LogP contribution < -0.4 is 5.32 Å². The van der Waals surface area contributed by atoms with E-state index in [0.29, 0.717) is 0 Å². The Balaban J connectivity index is 3.43. The lowest BCUT2D eigenvalue weighted by atomic mass is 10.7. The Bertz CT molecular complexity index is 128. The Morgan fingerprint density at radius 3 is 2.62 bits per heavy atom. The van der Waals surface area contributed by atoms with Gasteiger partial charge in [0.15, 0.2) is 0 Å². The molecule has 0 bridgehead atoms. The molecule has 0 aromatic heterocycles. The zero-order chi connectivity index (χ0) is 6.57. The summed E-state index contributed by atoms with van der Waals surface area (Å²) in [6.45, 7) is 0. The van der Waals surface area contributed by atoms with Crippen LogP contribution in [0.2, 0.25) is 0 Å². The highest BCUT2D eigenvalue weighted by atomic mass is 32.1. The Hall–Kier alpha value is -0.820. The summed E-state index contributed by atoms with van der Waals surface area (Å²) in [6.07, 6.45) is 3.60. The lowest BCUT2D eigenvalue weighted by molar-refractivity contribution is 0.195. The second-order valence-electron chi connectivity index (χ2n) is 1.02. The Morgan fingerprint density at radius 2 is 2.50 bits per heavy atom. The molecule has 8 heavy (non-hydrogen) atoms. The molecule has 0 radical (unpaired) electrons. The number of hydrogen-bond donors (Lipinski definition) is 3. The predicted molar refractivity (Wildman–Crippen MR) is 32.8 cm³/mol. The third-order valence-electron chi connectivity index (χ3n) is 0.418. The maximum atomic E-state index is 9.71. The molecule has 1 amide bonds. The number of hydrogen-bond acceptors (Lipinski definition) is 2. The van der Waals surface area contributed by atoms with E-state index in [1.165, 1.54) is 0 Å². The van der Waals surface area contributed by atoms with E-state index in [1.807, 2.05) is 5.32 Å². The molecule has 2 N–H and O–H groups in total. The van der Waals surface area contributed by atoms with Crippen LogP contribution in [0.4, 0.5) is 4.79 Å². The zero-order valence-corrected chi connectivity index (χ0v) is 4.85. The van der Waals surface area contributed by atoms with Crippen molar-refractivity contribution in [2.75, 3.05) is 0 Å². The third-order valence-corrected chi connectivity index (χ3v) is 0.696. The van der Waals surface area contributed by atoms with E-state index >= 15 is 0 Å². The van der Waals surface area contributed by atoms with Crippen LogP contribution in [0.5, 0.6) is 0 Å². The van der Waals surface area contributed by atoms with Gasteiger partial charge in [-0.15, -0.1) is 19.1 Å². The Kier molecular flexibility index (Phi) is 2.89. The first-order valence-corrected chi connectivity index (χ1v) is 2.32. The second-order valence-corrected chi connectivity index (χ2v) is 1.54. The highest BCUT2D eigenvalue weighted by molar-refractivity contribution is 7.81. The van der Waals surface area contributed by atoms with E-state index in [-0.39, 0.29) is 0 Å². The van der Waals surface area contributed by atoms with E-state index in [2.05, 4.69) is 18.5 Å². The summed E-state index contributed by atoms with van der Waals surface area (Å²) in [5.74, 6) is 2.07. The van der Waals surface area contributed by atoms with Crippen LogP contribution in [0.3, 0.4) is 0 Å². The molecule has 0 aliphatic heterocycles. The third kappa shape index (κ3) is 3.37. The lowest BCUT2D eigenvalue weighted by Crippen LogP contribution is -2.27. The first-order valence-electron chi connectivity index (χ1n) is 1.80. The summed E-state index contributed by atoms with van der Waals surface area (Å²) in [4.78, 5) is 9.71. The van der Waals surface area contributed by atoms with E-state index in [1.54, 1.807) is 0 Å². The Morgan fingerprint density at radius 1 is 2.00 bits per heavy atom. The summed E-state index contributed by atoms with van der Waals surface area (Å²) in [5.41, 5.74) is 0. The molecule has 0 spiro atoms. The zero-order valence-electron chi connectivity index (χ0n) is 3.96. The first-order chi connectivity index (χ1) is 3.66. The molecule has 0 aliphatic rings. The van der Waals surface area contributed by atoms with E-state index in [0.717, 1.165) is 0 Å². The van der Waals surface area contributed by atoms with Crippen LogP contribution in [-0.2, 0) is 0 Å². The van der Waals surface area contributed by atoms with Crippen LogP contribution in [0.1, 0.15) is 0 Å². The van der Waals surface area contributed by atoms with E-state index < -0.39 is 11.5 Å². The van der Waals surface area contributed by atoms with Gasteiger partial charge < -0.3 is 5.11 Å². The fourth-order valence-electron chi connectivity index (χ4n) is 0.159. The van der Waals surface area contributed by atoms with Crippen LogP contribution in [0, 0.1) is 12.3 Å². The molecular weight excluding hydrogens is 126 g/mol.